The molecule has 1 atom stereocenters. The van der Waals surface area contributed by atoms with E-state index in [-0.39, 0.29) is 11.9 Å². The number of aromatic nitrogens is 2. The molecular weight excluding hydrogens is 342 g/mol. The van der Waals surface area contributed by atoms with E-state index in [1.807, 2.05) is 29.1 Å². The molecule has 1 aliphatic rings. The van der Waals surface area contributed by atoms with Crippen molar-refractivity contribution < 1.29 is 4.79 Å². The fourth-order valence-electron chi connectivity index (χ4n) is 3.62. The Morgan fingerprint density at radius 3 is 2.88 bits per heavy atom. The number of nitrogens with one attached hydrogen (secondary N) is 1. The minimum absolute atomic E-state index is 0.00561. The van der Waals surface area contributed by atoms with Crippen LogP contribution >= 0.6 is 11.3 Å². The van der Waals surface area contributed by atoms with Crippen LogP contribution in [0.15, 0.2) is 48.8 Å². The van der Waals surface area contributed by atoms with Crippen LogP contribution in [0.25, 0.3) is 5.13 Å². The molecule has 0 bridgehead atoms. The fourth-order valence-corrected chi connectivity index (χ4v) is 4.61. The highest BCUT2D eigenvalue weighted by molar-refractivity contribution is 7.16. The van der Waals surface area contributed by atoms with E-state index in [0.717, 1.165) is 47.8 Å². The molecule has 0 fully saturated rings. The van der Waals surface area contributed by atoms with Crippen molar-refractivity contribution in [1.82, 2.24) is 14.9 Å². The lowest BCUT2D eigenvalue weighted by Crippen LogP contribution is -2.31. The van der Waals surface area contributed by atoms with Gasteiger partial charge in [0, 0.05) is 12.4 Å². The van der Waals surface area contributed by atoms with Crippen LogP contribution in [-0.4, -0.2) is 15.5 Å². The highest BCUT2D eigenvalue weighted by Gasteiger charge is 2.25. The van der Waals surface area contributed by atoms with Gasteiger partial charge >= 0.3 is 0 Å². The largest absolute Gasteiger partial charge is 0.344 e. The van der Waals surface area contributed by atoms with Gasteiger partial charge in [-0.05, 0) is 48.9 Å². The van der Waals surface area contributed by atoms with Crippen LogP contribution in [-0.2, 0) is 12.8 Å². The van der Waals surface area contributed by atoms with E-state index < -0.39 is 0 Å². The third kappa shape index (κ3) is 3.31. The van der Waals surface area contributed by atoms with Crippen LogP contribution in [0.4, 0.5) is 0 Å². The Kier molecular flexibility index (Phi) is 4.89. The van der Waals surface area contributed by atoms with Crippen molar-refractivity contribution >= 4 is 17.2 Å². The van der Waals surface area contributed by atoms with Crippen LogP contribution < -0.4 is 5.32 Å². The summed E-state index contributed by atoms with van der Waals surface area (Å²) < 4.78 is 1.97. The molecule has 0 unspecified atom stereocenters. The molecule has 5 heteroatoms. The van der Waals surface area contributed by atoms with Gasteiger partial charge in [-0.1, -0.05) is 48.9 Å². The van der Waals surface area contributed by atoms with E-state index in [2.05, 4.69) is 36.5 Å². The van der Waals surface area contributed by atoms with Gasteiger partial charge in [0.1, 0.15) is 4.88 Å². The molecule has 0 spiro atoms. The molecule has 0 saturated carbocycles. The second-order valence-corrected chi connectivity index (χ2v) is 7.71. The number of rotatable bonds is 5. The second-order valence-electron chi connectivity index (χ2n) is 6.73. The molecule has 134 valence electrons. The summed E-state index contributed by atoms with van der Waals surface area (Å²) in [7, 11) is 0. The molecule has 2 aromatic heterocycles. The number of thiazole rings is 1. The van der Waals surface area contributed by atoms with Crippen molar-refractivity contribution in [2.45, 2.75) is 45.1 Å². The van der Waals surface area contributed by atoms with Crippen LogP contribution in [0.5, 0.6) is 0 Å². The van der Waals surface area contributed by atoms with Gasteiger partial charge in [-0.3, -0.25) is 4.79 Å². The summed E-state index contributed by atoms with van der Waals surface area (Å²) in [4.78, 5) is 18.5. The Labute approximate surface area is 157 Å². The summed E-state index contributed by atoms with van der Waals surface area (Å²) in [5, 5.41) is 4.13. The molecule has 0 saturated heterocycles. The number of carbonyl (C=O) groups excluding carboxylic acids is 1. The standard InChI is InChI=1S/C21H23N3OS/c1-2-8-18-19(26-21(23-18)24-13-5-6-14-24)20(25)22-17-12-7-10-15-9-3-4-11-16(15)17/h3-6,9,11,13-14,17H,2,7-8,10,12H2,1H3,(H,22,25)/t17-/m0/s1. The number of benzene rings is 1. The van der Waals surface area contributed by atoms with Crippen LogP contribution in [0, 0.1) is 0 Å². The molecule has 1 N–H and O–H groups in total. The van der Waals surface area contributed by atoms with Crippen molar-refractivity contribution in [3.63, 3.8) is 0 Å². The zero-order chi connectivity index (χ0) is 17.9. The number of carbonyl (C=O) groups is 1. The number of fused-ring (bicyclic) bond motifs is 1. The molecule has 3 aromatic rings. The number of amides is 1. The van der Waals surface area contributed by atoms with Gasteiger partial charge in [-0.25, -0.2) is 4.98 Å². The summed E-state index contributed by atoms with van der Waals surface area (Å²) in [5.74, 6) is 0.00561. The molecule has 0 radical (unpaired) electrons. The Balaban J connectivity index is 1.60. The van der Waals surface area contributed by atoms with E-state index in [4.69, 9.17) is 4.98 Å². The van der Waals surface area contributed by atoms with Gasteiger partial charge in [-0.2, -0.15) is 0 Å². The molecule has 4 nitrogen and oxygen atoms in total. The Morgan fingerprint density at radius 1 is 1.27 bits per heavy atom. The monoisotopic (exact) mass is 365 g/mol. The van der Waals surface area contributed by atoms with Crippen molar-refractivity contribution in [1.29, 1.82) is 0 Å². The average Bonchev–Trinajstić information content (AvgIpc) is 3.32. The molecular formula is C21H23N3OS. The van der Waals surface area contributed by atoms with Crippen molar-refractivity contribution in [2.75, 3.05) is 0 Å². The normalized spacial score (nSPS) is 16.3. The van der Waals surface area contributed by atoms with Crippen molar-refractivity contribution in [3.05, 3.63) is 70.5 Å². The zero-order valence-electron chi connectivity index (χ0n) is 14.9. The fraction of sp³-hybridized carbons (Fsp3) is 0.333. The van der Waals surface area contributed by atoms with E-state index in [1.54, 1.807) is 0 Å². The van der Waals surface area contributed by atoms with Gasteiger partial charge in [0.2, 0.25) is 0 Å². The predicted octanol–water partition coefficient (Wildman–Crippen LogP) is 4.69. The van der Waals surface area contributed by atoms with Gasteiger partial charge in [0.15, 0.2) is 5.13 Å². The first kappa shape index (κ1) is 17.0. The number of nitrogens with zero attached hydrogens (tertiary/aromatic N) is 2. The maximum Gasteiger partial charge on any atom is 0.263 e. The molecule has 1 aliphatic carbocycles. The van der Waals surface area contributed by atoms with Gasteiger partial charge < -0.3 is 9.88 Å². The minimum atomic E-state index is 0.00561. The number of hydrogen-bond donors (Lipinski definition) is 1. The molecule has 26 heavy (non-hydrogen) atoms. The highest BCUT2D eigenvalue weighted by atomic mass is 32.1. The topological polar surface area (TPSA) is 46.9 Å². The first-order valence-corrected chi connectivity index (χ1v) is 10.1. The van der Waals surface area contributed by atoms with Crippen molar-refractivity contribution in [2.24, 2.45) is 0 Å². The molecule has 1 amide bonds. The minimum Gasteiger partial charge on any atom is -0.344 e. The Morgan fingerprint density at radius 2 is 2.08 bits per heavy atom. The summed E-state index contributed by atoms with van der Waals surface area (Å²) in [6.45, 7) is 2.12. The lowest BCUT2D eigenvalue weighted by molar-refractivity contribution is 0.0935. The second kappa shape index (κ2) is 7.46. The first-order valence-electron chi connectivity index (χ1n) is 9.28. The quantitative estimate of drug-likeness (QED) is 0.713. The van der Waals surface area contributed by atoms with Gasteiger partial charge in [0.05, 0.1) is 11.7 Å². The highest BCUT2D eigenvalue weighted by Crippen LogP contribution is 2.31. The van der Waals surface area contributed by atoms with Gasteiger partial charge in [-0.15, -0.1) is 0 Å². The van der Waals surface area contributed by atoms with E-state index in [0.29, 0.717) is 0 Å². The van der Waals surface area contributed by atoms with Crippen molar-refractivity contribution in [3.8, 4) is 5.13 Å². The van der Waals surface area contributed by atoms with E-state index in [1.165, 1.54) is 22.5 Å². The molecule has 1 aromatic carbocycles. The Bertz CT molecular complexity index is 898. The summed E-state index contributed by atoms with van der Waals surface area (Å²) >= 11 is 1.47. The van der Waals surface area contributed by atoms with Gasteiger partial charge in [0.25, 0.3) is 5.91 Å². The third-order valence-corrected chi connectivity index (χ3v) is 5.99. The van der Waals surface area contributed by atoms with Crippen LogP contribution in [0.3, 0.4) is 0 Å². The summed E-state index contributed by atoms with van der Waals surface area (Å²) in [6.07, 6.45) is 8.93. The lowest BCUT2D eigenvalue weighted by Gasteiger charge is -2.26. The smallest absolute Gasteiger partial charge is 0.263 e. The van der Waals surface area contributed by atoms with E-state index >= 15 is 0 Å². The SMILES string of the molecule is CCCc1nc(-n2cccc2)sc1C(=O)N[C@H]1CCCc2ccccc21. The molecule has 2 heterocycles. The lowest BCUT2D eigenvalue weighted by atomic mass is 9.88. The maximum absolute atomic E-state index is 13.1. The van der Waals surface area contributed by atoms with E-state index in [9.17, 15) is 4.79 Å². The molecule has 4 rings (SSSR count). The third-order valence-electron chi connectivity index (χ3n) is 4.88. The van der Waals surface area contributed by atoms with Crippen LogP contribution in [0.2, 0.25) is 0 Å². The number of aryl methyl sites for hydroxylation is 2. The summed E-state index contributed by atoms with van der Waals surface area (Å²) in [5.41, 5.74) is 3.53. The summed E-state index contributed by atoms with van der Waals surface area (Å²) in [6, 6.07) is 12.5. The number of hydrogen-bond acceptors (Lipinski definition) is 3. The maximum atomic E-state index is 13.1. The first-order chi connectivity index (χ1) is 12.8. The average molecular weight is 366 g/mol. The van der Waals surface area contributed by atoms with Crippen LogP contribution in [0.1, 0.15) is 58.7 Å². The predicted molar refractivity (Wildman–Crippen MR) is 105 cm³/mol. The zero-order valence-corrected chi connectivity index (χ0v) is 15.8. The molecule has 0 aliphatic heterocycles. The Hall–Kier alpha value is -2.40.